The van der Waals surface area contributed by atoms with E-state index < -0.39 is 5.92 Å². The third kappa shape index (κ3) is 3.99. The quantitative estimate of drug-likeness (QED) is 0.566. The van der Waals surface area contributed by atoms with Crippen molar-refractivity contribution in [3.05, 3.63) is 47.5 Å². The molecule has 2 aliphatic heterocycles. The predicted octanol–water partition coefficient (Wildman–Crippen LogP) is 4.02. The van der Waals surface area contributed by atoms with Crippen molar-refractivity contribution in [3.63, 3.8) is 0 Å². The van der Waals surface area contributed by atoms with Crippen LogP contribution in [0.4, 0.5) is 5.69 Å². The van der Waals surface area contributed by atoms with Gasteiger partial charge in [0.1, 0.15) is 19.0 Å². The van der Waals surface area contributed by atoms with Crippen LogP contribution in [0.15, 0.2) is 36.4 Å². The Balaban J connectivity index is 1.46. The second-order valence-electron chi connectivity index (χ2n) is 8.88. The number of fused-ring (bicyclic) bond motifs is 1. The number of esters is 1. The van der Waals surface area contributed by atoms with Crippen LogP contribution < -0.4 is 19.1 Å². The van der Waals surface area contributed by atoms with Gasteiger partial charge in [-0.15, -0.1) is 0 Å². The molecule has 6 heteroatoms. The van der Waals surface area contributed by atoms with E-state index in [1.165, 1.54) is 5.56 Å². The molecule has 0 aromatic heterocycles. The molecule has 30 heavy (non-hydrogen) atoms. The Morgan fingerprint density at radius 2 is 1.80 bits per heavy atom. The van der Waals surface area contributed by atoms with Gasteiger partial charge in [-0.1, -0.05) is 32.9 Å². The molecule has 0 bridgehead atoms. The Hall–Kier alpha value is -3.02. The Morgan fingerprint density at radius 1 is 1.07 bits per heavy atom. The minimum absolute atomic E-state index is 0.0231. The summed E-state index contributed by atoms with van der Waals surface area (Å²) in [6.45, 7) is 9.64. The number of anilines is 1. The lowest BCUT2D eigenvalue weighted by atomic mass is 9.86. The summed E-state index contributed by atoms with van der Waals surface area (Å²) in [5.74, 6) is 0.836. The van der Waals surface area contributed by atoms with E-state index in [1.807, 2.05) is 31.2 Å². The first-order chi connectivity index (χ1) is 14.2. The Bertz CT molecular complexity index is 992. The number of amides is 1. The van der Waals surface area contributed by atoms with E-state index in [9.17, 15) is 9.59 Å². The van der Waals surface area contributed by atoms with Gasteiger partial charge < -0.3 is 19.1 Å². The van der Waals surface area contributed by atoms with Crippen LogP contribution in [-0.4, -0.2) is 31.6 Å². The molecule has 1 amide bonds. The molecular formula is C24H27NO5. The highest BCUT2D eigenvalue weighted by atomic mass is 16.6. The maximum atomic E-state index is 12.8. The summed E-state index contributed by atoms with van der Waals surface area (Å²) in [7, 11) is 0. The lowest BCUT2D eigenvalue weighted by Crippen LogP contribution is -2.27. The van der Waals surface area contributed by atoms with Crippen molar-refractivity contribution < 1.29 is 23.8 Å². The fourth-order valence-corrected chi connectivity index (χ4v) is 3.74. The second-order valence-corrected chi connectivity index (χ2v) is 8.88. The van der Waals surface area contributed by atoms with E-state index >= 15 is 0 Å². The SMILES string of the molecule is Cc1cc(C(C)(C)C)ccc1OC(=O)[C@H]1CC(=O)N(c2ccc3c(c2)OCCO3)C1. The van der Waals surface area contributed by atoms with E-state index in [1.54, 1.807) is 17.0 Å². The highest BCUT2D eigenvalue weighted by Gasteiger charge is 2.37. The van der Waals surface area contributed by atoms with Crippen molar-refractivity contribution in [3.8, 4) is 17.2 Å². The van der Waals surface area contributed by atoms with Gasteiger partial charge in [0.05, 0.1) is 5.92 Å². The van der Waals surface area contributed by atoms with Crippen LogP contribution in [0, 0.1) is 12.8 Å². The van der Waals surface area contributed by atoms with Gasteiger partial charge in [-0.05, 0) is 41.7 Å². The van der Waals surface area contributed by atoms with Crippen molar-refractivity contribution in [1.29, 1.82) is 0 Å². The third-order valence-electron chi connectivity index (χ3n) is 5.55. The van der Waals surface area contributed by atoms with E-state index in [-0.39, 0.29) is 30.3 Å². The monoisotopic (exact) mass is 409 g/mol. The van der Waals surface area contributed by atoms with Crippen LogP contribution in [-0.2, 0) is 15.0 Å². The second kappa shape index (κ2) is 7.67. The number of carbonyl (C=O) groups is 2. The van der Waals surface area contributed by atoms with Gasteiger partial charge >= 0.3 is 5.97 Å². The summed E-state index contributed by atoms with van der Waals surface area (Å²) in [5, 5.41) is 0. The Kier molecular flexibility index (Phi) is 5.18. The standard InChI is InChI=1S/C24H27NO5/c1-15-11-17(24(2,3)4)5-7-19(15)30-23(27)16-12-22(26)25(14-16)18-6-8-20-21(13-18)29-10-9-28-20/h5-8,11,13,16H,9-10,12,14H2,1-4H3/t16-/m0/s1. The molecule has 0 spiro atoms. The summed E-state index contributed by atoms with van der Waals surface area (Å²) < 4.78 is 16.8. The molecular weight excluding hydrogens is 382 g/mol. The molecule has 2 aromatic carbocycles. The van der Waals surface area contributed by atoms with Crippen molar-refractivity contribution in [2.24, 2.45) is 5.92 Å². The fourth-order valence-electron chi connectivity index (χ4n) is 3.74. The number of ether oxygens (including phenoxy) is 3. The zero-order valence-corrected chi connectivity index (χ0v) is 17.9. The highest BCUT2D eigenvalue weighted by Crippen LogP contribution is 2.36. The van der Waals surface area contributed by atoms with Gasteiger partial charge in [-0.2, -0.15) is 0 Å². The third-order valence-corrected chi connectivity index (χ3v) is 5.55. The van der Waals surface area contributed by atoms with Gasteiger partial charge in [0.2, 0.25) is 5.91 Å². The van der Waals surface area contributed by atoms with Gasteiger partial charge in [0.25, 0.3) is 0 Å². The molecule has 4 rings (SSSR count). The molecule has 0 N–H and O–H groups in total. The molecule has 2 aromatic rings. The van der Waals surface area contributed by atoms with Gasteiger partial charge in [0.15, 0.2) is 11.5 Å². The van der Waals surface area contributed by atoms with Crippen molar-refractivity contribution in [1.82, 2.24) is 0 Å². The maximum Gasteiger partial charge on any atom is 0.316 e. The zero-order valence-electron chi connectivity index (χ0n) is 17.9. The molecule has 158 valence electrons. The summed E-state index contributed by atoms with van der Waals surface area (Å²) in [6.07, 6.45) is 0.131. The summed E-state index contributed by atoms with van der Waals surface area (Å²) in [5.41, 5.74) is 2.81. The lowest BCUT2D eigenvalue weighted by Gasteiger charge is -2.22. The van der Waals surface area contributed by atoms with Crippen LogP contribution >= 0.6 is 0 Å². The van der Waals surface area contributed by atoms with Gasteiger partial charge in [0, 0.05) is 24.7 Å². The van der Waals surface area contributed by atoms with E-state index in [0.29, 0.717) is 36.1 Å². The largest absolute Gasteiger partial charge is 0.486 e. The van der Waals surface area contributed by atoms with E-state index in [0.717, 1.165) is 5.56 Å². The molecule has 0 aliphatic carbocycles. The number of benzene rings is 2. The smallest absolute Gasteiger partial charge is 0.316 e. The van der Waals surface area contributed by atoms with Gasteiger partial charge in [-0.3, -0.25) is 9.59 Å². The summed E-state index contributed by atoms with van der Waals surface area (Å²) >= 11 is 0. The van der Waals surface area contributed by atoms with Crippen LogP contribution in [0.3, 0.4) is 0 Å². The topological polar surface area (TPSA) is 65.1 Å². The van der Waals surface area contributed by atoms with Crippen LogP contribution in [0.2, 0.25) is 0 Å². The molecule has 0 radical (unpaired) electrons. The van der Waals surface area contributed by atoms with Crippen LogP contribution in [0.5, 0.6) is 17.2 Å². The van der Waals surface area contributed by atoms with Gasteiger partial charge in [-0.25, -0.2) is 0 Å². The molecule has 1 fully saturated rings. The number of carbonyl (C=O) groups excluding carboxylic acids is 2. The number of hydrogen-bond donors (Lipinski definition) is 0. The first kappa shape index (κ1) is 20.3. The van der Waals surface area contributed by atoms with Crippen molar-refractivity contribution in [2.75, 3.05) is 24.7 Å². The van der Waals surface area contributed by atoms with E-state index in [4.69, 9.17) is 14.2 Å². The Morgan fingerprint density at radius 3 is 2.50 bits per heavy atom. The number of hydrogen-bond acceptors (Lipinski definition) is 5. The van der Waals surface area contributed by atoms with Crippen molar-refractivity contribution in [2.45, 2.75) is 39.5 Å². The molecule has 1 atom stereocenters. The fraction of sp³-hybridized carbons (Fsp3) is 0.417. The minimum atomic E-state index is -0.507. The van der Waals surface area contributed by atoms with Crippen LogP contribution in [0.25, 0.3) is 0 Å². The number of nitrogens with zero attached hydrogens (tertiary/aromatic N) is 1. The molecule has 2 heterocycles. The molecule has 2 aliphatic rings. The minimum Gasteiger partial charge on any atom is -0.486 e. The number of rotatable bonds is 3. The molecule has 6 nitrogen and oxygen atoms in total. The average Bonchev–Trinajstić information content (AvgIpc) is 3.10. The van der Waals surface area contributed by atoms with Crippen molar-refractivity contribution >= 4 is 17.6 Å². The summed E-state index contributed by atoms with van der Waals surface area (Å²) in [4.78, 5) is 26.9. The number of aryl methyl sites for hydroxylation is 1. The van der Waals surface area contributed by atoms with Crippen LogP contribution in [0.1, 0.15) is 38.3 Å². The lowest BCUT2D eigenvalue weighted by molar-refractivity contribution is -0.139. The first-order valence-electron chi connectivity index (χ1n) is 10.3. The molecule has 0 unspecified atom stereocenters. The predicted molar refractivity (Wildman–Crippen MR) is 113 cm³/mol. The Labute approximate surface area is 176 Å². The molecule has 0 saturated carbocycles. The first-order valence-corrected chi connectivity index (χ1v) is 10.3. The molecule has 1 saturated heterocycles. The average molecular weight is 409 g/mol. The normalized spacial score (nSPS) is 18.5. The highest BCUT2D eigenvalue weighted by molar-refractivity contribution is 6.00. The zero-order chi connectivity index (χ0) is 21.5. The van der Waals surface area contributed by atoms with E-state index in [2.05, 4.69) is 20.8 Å². The summed E-state index contributed by atoms with van der Waals surface area (Å²) in [6, 6.07) is 11.3. The maximum absolute atomic E-state index is 12.8.